The zero-order valence-electron chi connectivity index (χ0n) is 13.9. The third-order valence-electron chi connectivity index (χ3n) is 4.43. The number of rotatable bonds is 4. The summed E-state index contributed by atoms with van der Waals surface area (Å²) >= 11 is 1.14. The molecule has 1 aliphatic rings. The number of fused-ring (bicyclic) bond motifs is 2. The van der Waals surface area contributed by atoms with Gasteiger partial charge in [-0.1, -0.05) is 12.1 Å². The van der Waals surface area contributed by atoms with E-state index in [4.69, 9.17) is 4.74 Å². The Kier molecular flexibility index (Phi) is 4.42. The van der Waals surface area contributed by atoms with Crippen molar-refractivity contribution < 1.29 is 18.7 Å². The normalized spacial score (nSPS) is 12.8. The minimum Gasteiger partial charge on any atom is -0.451 e. The van der Waals surface area contributed by atoms with E-state index in [1.807, 2.05) is 18.2 Å². The number of carbonyl (C=O) groups is 2. The van der Waals surface area contributed by atoms with E-state index in [2.05, 4.69) is 5.32 Å². The van der Waals surface area contributed by atoms with Crippen molar-refractivity contribution in [3.63, 3.8) is 0 Å². The number of aryl methyl sites for hydroxylation is 2. The number of hydrogen-bond acceptors (Lipinski definition) is 4. The van der Waals surface area contributed by atoms with Crippen LogP contribution in [0.2, 0.25) is 0 Å². The van der Waals surface area contributed by atoms with Crippen LogP contribution >= 0.6 is 11.3 Å². The van der Waals surface area contributed by atoms with Crippen molar-refractivity contribution in [3.8, 4) is 0 Å². The Bertz CT molecular complexity index is 1010. The molecule has 1 heterocycles. The van der Waals surface area contributed by atoms with Gasteiger partial charge < -0.3 is 10.1 Å². The van der Waals surface area contributed by atoms with Gasteiger partial charge in [-0.25, -0.2) is 9.18 Å². The van der Waals surface area contributed by atoms with Crippen molar-refractivity contribution in [2.75, 3.05) is 11.9 Å². The van der Waals surface area contributed by atoms with Gasteiger partial charge in [0.25, 0.3) is 5.91 Å². The molecule has 1 amide bonds. The first-order valence-corrected chi connectivity index (χ1v) is 9.18. The van der Waals surface area contributed by atoms with Crippen LogP contribution in [0.3, 0.4) is 0 Å². The predicted octanol–water partition coefficient (Wildman–Crippen LogP) is 4.32. The first-order valence-electron chi connectivity index (χ1n) is 8.37. The van der Waals surface area contributed by atoms with Gasteiger partial charge in [-0.15, -0.1) is 11.3 Å². The highest BCUT2D eigenvalue weighted by molar-refractivity contribution is 7.20. The van der Waals surface area contributed by atoms with Crippen molar-refractivity contribution in [2.24, 2.45) is 0 Å². The zero-order chi connectivity index (χ0) is 18.1. The Morgan fingerprint density at radius 1 is 1.12 bits per heavy atom. The van der Waals surface area contributed by atoms with Gasteiger partial charge >= 0.3 is 5.97 Å². The summed E-state index contributed by atoms with van der Waals surface area (Å²) in [7, 11) is 0. The number of benzene rings is 2. The minimum absolute atomic E-state index is 0.274. The fourth-order valence-corrected chi connectivity index (χ4v) is 4.14. The van der Waals surface area contributed by atoms with Crippen LogP contribution in [0.4, 0.5) is 10.1 Å². The molecule has 0 saturated heterocycles. The van der Waals surface area contributed by atoms with Crippen molar-refractivity contribution in [1.29, 1.82) is 0 Å². The maximum absolute atomic E-state index is 13.7. The average Bonchev–Trinajstić information content (AvgIpc) is 3.26. The van der Waals surface area contributed by atoms with Crippen molar-refractivity contribution in [3.05, 3.63) is 64.3 Å². The lowest BCUT2D eigenvalue weighted by atomic mass is 10.1. The monoisotopic (exact) mass is 369 g/mol. The summed E-state index contributed by atoms with van der Waals surface area (Å²) in [5.41, 5.74) is 3.29. The van der Waals surface area contributed by atoms with Crippen LogP contribution in [0.25, 0.3) is 10.1 Å². The van der Waals surface area contributed by atoms with Crippen LogP contribution in [-0.2, 0) is 22.4 Å². The van der Waals surface area contributed by atoms with Gasteiger partial charge in [-0.3, -0.25) is 4.79 Å². The summed E-state index contributed by atoms with van der Waals surface area (Å²) < 4.78 is 19.4. The summed E-state index contributed by atoms with van der Waals surface area (Å²) in [5.74, 6) is -1.41. The molecule has 0 saturated carbocycles. The molecule has 4 nitrogen and oxygen atoms in total. The van der Waals surface area contributed by atoms with Gasteiger partial charge in [0.15, 0.2) is 6.61 Å². The Morgan fingerprint density at radius 3 is 2.81 bits per heavy atom. The molecule has 1 aliphatic carbocycles. The Hall–Kier alpha value is -2.73. The molecule has 3 aromatic rings. The van der Waals surface area contributed by atoms with Crippen molar-refractivity contribution >= 4 is 39.0 Å². The number of amides is 1. The van der Waals surface area contributed by atoms with E-state index in [0.29, 0.717) is 15.8 Å². The second-order valence-corrected chi connectivity index (χ2v) is 7.31. The fourth-order valence-electron chi connectivity index (χ4n) is 3.17. The highest BCUT2D eigenvalue weighted by Gasteiger charge is 2.16. The molecule has 0 atom stereocenters. The SMILES string of the molecule is O=C(COC(=O)c1cc2c(F)cccc2s1)Nc1ccc2c(c1)CCC2. The first-order chi connectivity index (χ1) is 12.6. The van der Waals surface area contributed by atoms with Crippen LogP contribution in [0.15, 0.2) is 42.5 Å². The van der Waals surface area contributed by atoms with Gasteiger partial charge in [0.2, 0.25) is 0 Å². The molecule has 0 spiro atoms. The highest BCUT2D eigenvalue weighted by atomic mass is 32.1. The van der Waals surface area contributed by atoms with Crippen molar-refractivity contribution in [1.82, 2.24) is 0 Å². The van der Waals surface area contributed by atoms with E-state index >= 15 is 0 Å². The summed E-state index contributed by atoms with van der Waals surface area (Å²) in [6, 6.07) is 12.0. The molecule has 0 radical (unpaired) electrons. The van der Waals surface area contributed by atoms with E-state index in [-0.39, 0.29) is 17.3 Å². The number of hydrogen-bond donors (Lipinski definition) is 1. The molecule has 0 unspecified atom stereocenters. The lowest BCUT2D eigenvalue weighted by Gasteiger charge is -2.08. The van der Waals surface area contributed by atoms with Crippen LogP contribution in [0, 0.1) is 5.82 Å². The molecule has 26 heavy (non-hydrogen) atoms. The molecule has 6 heteroatoms. The molecule has 0 aliphatic heterocycles. The summed E-state index contributed by atoms with van der Waals surface area (Å²) in [6.45, 7) is -0.382. The number of nitrogens with one attached hydrogen (secondary N) is 1. The number of halogens is 1. The number of esters is 1. The predicted molar refractivity (Wildman–Crippen MR) is 99.2 cm³/mol. The molecular weight excluding hydrogens is 353 g/mol. The first kappa shape index (κ1) is 16.7. The highest BCUT2D eigenvalue weighted by Crippen LogP contribution is 2.28. The van der Waals surface area contributed by atoms with Gasteiger partial charge in [0, 0.05) is 15.8 Å². The van der Waals surface area contributed by atoms with E-state index in [9.17, 15) is 14.0 Å². The molecule has 2 aromatic carbocycles. The van der Waals surface area contributed by atoms with E-state index < -0.39 is 11.9 Å². The average molecular weight is 369 g/mol. The molecule has 0 fully saturated rings. The maximum atomic E-state index is 13.7. The molecular formula is C20H16FNO3S. The van der Waals surface area contributed by atoms with Gasteiger partial charge in [0.1, 0.15) is 10.7 Å². The summed E-state index contributed by atoms with van der Waals surface area (Å²) in [5, 5.41) is 3.12. The van der Waals surface area contributed by atoms with Gasteiger partial charge in [-0.05, 0) is 60.7 Å². The van der Waals surface area contributed by atoms with E-state index in [0.717, 1.165) is 30.6 Å². The zero-order valence-corrected chi connectivity index (χ0v) is 14.7. The number of carbonyl (C=O) groups excluding carboxylic acids is 2. The smallest absolute Gasteiger partial charge is 0.348 e. The maximum Gasteiger partial charge on any atom is 0.348 e. The Labute approximate surface area is 153 Å². The van der Waals surface area contributed by atoms with Crippen LogP contribution in [0.5, 0.6) is 0 Å². The summed E-state index contributed by atoms with van der Waals surface area (Å²) in [4.78, 5) is 24.4. The lowest BCUT2D eigenvalue weighted by Crippen LogP contribution is -2.20. The largest absolute Gasteiger partial charge is 0.451 e. The molecule has 1 N–H and O–H groups in total. The molecule has 1 aromatic heterocycles. The molecule has 0 bridgehead atoms. The number of thiophene rings is 1. The Balaban J connectivity index is 1.37. The van der Waals surface area contributed by atoms with E-state index in [1.165, 1.54) is 23.3 Å². The standard InChI is InChI=1S/C20H16FNO3S/c21-16-5-2-6-17-15(16)10-18(26-17)20(24)25-11-19(23)22-14-8-7-12-3-1-4-13(12)9-14/h2,5-10H,1,3-4,11H2,(H,22,23). The second kappa shape index (κ2) is 6.88. The third kappa shape index (κ3) is 3.32. The lowest BCUT2D eigenvalue weighted by molar-refractivity contribution is -0.119. The summed E-state index contributed by atoms with van der Waals surface area (Å²) in [6.07, 6.45) is 3.24. The Morgan fingerprint density at radius 2 is 1.96 bits per heavy atom. The fraction of sp³-hybridized carbons (Fsp3) is 0.200. The minimum atomic E-state index is -0.630. The van der Waals surface area contributed by atoms with Crippen LogP contribution in [0.1, 0.15) is 27.2 Å². The molecule has 132 valence electrons. The van der Waals surface area contributed by atoms with Crippen molar-refractivity contribution in [2.45, 2.75) is 19.3 Å². The van der Waals surface area contributed by atoms with Crippen LogP contribution in [-0.4, -0.2) is 18.5 Å². The number of ether oxygens (including phenoxy) is 1. The van der Waals surface area contributed by atoms with Gasteiger partial charge in [-0.2, -0.15) is 0 Å². The number of anilines is 1. The second-order valence-electron chi connectivity index (χ2n) is 6.22. The van der Waals surface area contributed by atoms with Crippen LogP contribution < -0.4 is 5.32 Å². The molecule has 4 rings (SSSR count). The van der Waals surface area contributed by atoms with E-state index in [1.54, 1.807) is 12.1 Å². The quantitative estimate of drug-likeness (QED) is 0.697. The van der Waals surface area contributed by atoms with Gasteiger partial charge in [0.05, 0.1) is 0 Å². The third-order valence-corrected chi connectivity index (χ3v) is 5.51. The topological polar surface area (TPSA) is 55.4 Å².